The maximum atomic E-state index is 10.5. The standard InChI is InChI=1S/C10H16O/c1-9(2)7-5-4-6-8-10(3)11/h4-7,9H,8H2,1-3H3/b6-4+,7-5+. The van der Waals surface area contributed by atoms with Gasteiger partial charge in [0.2, 0.25) is 0 Å². The van der Waals surface area contributed by atoms with E-state index in [2.05, 4.69) is 19.9 Å². The summed E-state index contributed by atoms with van der Waals surface area (Å²) in [7, 11) is 0. The Kier molecular flexibility index (Phi) is 5.44. The first-order valence-electron chi connectivity index (χ1n) is 3.95. The van der Waals surface area contributed by atoms with Gasteiger partial charge in [-0.25, -0.2) is 0 Å². The van der Waals surface area contributed by atoms with Crippen molar-refractivity contribution in [3.63, 3.8) is 0 Å². The SMILES string of the molecule is CC(=O)C/C=C/C=C/C(C)C. The Bertz CT molecular complexity index is 164. The van der Waals surface area contributed by atoms with E-state index in [1.807, 2.05) is 18.2 Å². The first-order valence-corrected chi connectivity index (χ1v) is 3.95. The summed E-state index contributed by atoms with van der Waals surface area (Å²) in [5.74, 6) is 0.788. The zero-order chi connectivity index (χ0) is 8.69. The van der Waals surface area contributed by atoms with E-state index in [4.69, 9.17) is 0 Å². The molecule has 0 spiro atoms. The second kappa shape index (κ2) is 5.90. The van der Waals surface area contributed by atoms with Gasteiger partial charge in [0.25, 0.3) is 0 Å². The van der Waals surface area contributed by atoms with E-state index in [1.165, 1.54) is 0 Å². The van der Waals surface area contributed by atoms with Crippen molar-refractivity contribution in [3.8, 4) is 0 Å². The average Bonchev–Trinajstić information content (AvgIpc) is 1.85. The van der Waals surface area contributed by atoms with E-state index in [0.29, 0.717) is 12.3 Å². The van der Waals surface area contributed by atoms with Gasteiger partial charge in [-0.1, -0.05) is 38.2 Å². The molecule has 0 aliphatic heterocycles. The average molecular weight is 152 g/mol. The van der Waals surface area contributed by atoms with E-state index >= 15 is 0 Å². The van der Waals surface area contributed by atoms with E-state index in [-0.39, 0.29) is 5.78 Å². The summed E-state index contributed by atoms with van der Waals surface area (Å²) < 4.78 is 0. The van der Waals surface area contributed by atoms with Crippen molar-refractivity contribution in [1.82, 2.24) is 0 Å². The second-order valence-electron chi connectivity index (χ2n) is 2.96. The zero-order valence-corrected chi connectivity index (χ0v) is 7.50. The molecule has 0 aromatic carbocycles. The molecular formula is C10H16O. The summed E-state index contributed by atoms with van der Waals surface area (Å²) in [6.45, 7) is 5.83. The van der Waals surface area contributed by atoms with Gasteiger partial charge in [0.1, 0.15) is 5.78 Å². The summed E-state index contributed by atoms with van der Waals surface area (Å²) in [4.78, 5) is 10.5. The molecule has 0 heterocycles. The molecule has 0 aliphatic carbocycles. The minimum absolute atomic E-state index is 0.208. The topological polar surface area (TPSA) is 17.1 Å². The van der Waals surface area contributed by atoms with Crippen molar-refractivity contribution < 1.29 is 4.79 Å². The van der Waals surface area contributed by atoms with E-state index in [1.54, 1.807) is 6.92 Å². The second-order valence-corrected chi connectivity index (χ2v) is 2.96. The monoisotopic (exact) mass is 152 g/mol. The Labute approximate surface area is 68.8 Å². The van der Waals surface area contributed by atoms with Gasteiger partial charge < -0.3 is 0 Å². The maximum Gasteiger partial charge on any atom is 0.133 e. The Morgan fingerprint density at radius 1 is 1.36 bits per heavy atom. The molecule has 0 saturated carbocycles. The molecule has 62 valence electrons. The summed E-state index contributed by atoms with van der Waals surface area (Å²) in [5, 5.41) is 0. The molecule has 0 aliphatic rings. The molecule has 0 aromatic heterocycles. The third kappa shape index (κ3) is 9.15. The largest absolute Gasteiger partial charge is 0.300 e. The van der Waals surface area contributed by atoms with Crippen molar-refractivity contribution in [2.24, 2.45) is 5.92 Å². The number of Topliss-reactive ketones (excluding diaryl/α,β-unsaturated/α-hetero) is 1. The van der Waals surface area contributed by atoms with Gasteiger partial charge in [0, 0.05) is 6.42 Å². The first-order chi connectivity index (χ1) is 5.13. The van der Waals surface area contributed by atoms with Crippen molar-refractivity contribution in [3.05, 3.63) is 24.3 Å². The van der Waals surface area contributed by atoms with Crippen molar-refractivity contribution in [2.75, 3.05) is 0 Å². The van der Waals surface area contributed by atoms with Crippen molar-refractivity contribution in [2.45, 2.75) is 27.2 Å². The fraction of sp³-hybridized carbons (Fsp3) is 0.500. The smallest absolute Gasteiger partial charge is 0.133 e. The Balaban J connectivity index is 3.52. The zero-order valence-electron chi connectivity index (χ0n) is 7.50. The molecule has 0 N–H and O–H groups in total. The van der Waals surface area contributed by atoms with Gasteiger partial charge >= 0.3 is 0 Å². The number of carbonyl (C=O) groups excluding carboxylic acids is 1. The fourth-order valence-corrected chi connectivity index (χ4v) is 0.599. The Morgan fingerprint density at radius 3 is 2.45 bits per heavy atom. The van der Waals surface area contributed by atoms with Crippen LogP contribution in [0.5, 0.6) is 0 Å². The number of carbonyl (C=O) groups is 1. The first kappa shape index (κ1) is 10.2. The van der Waals surface area contributed by atoms with Crippen LogP contribution in [0.1, 0.15) is 27.2 Å². The van der Waals surface area contributed by atoms with Gasteiger partial charge in [-0.05, 0) is 12.8 Å². The maximum absolute atomic E-state index is 10.5. The van der Waals surface area contributed by atoms with Crippen LogP contribution in [0.3, 0.4) is 0 Å². The number of rotatable bonds is 4. The molecule has 1 nitrogen and oxygen atoms in total. The van der Waals surface area contributed by atoms with Gasteiger partial charge in [-0.15, -0.1) is 0 Å². The van der Waals surface area contributed by atoms with Crippen LogP contribution >= 0.6 is 0 Å². The number of hydrogen-bond acceptors (Lipinski definition) is 1. The van der Waals surface area contributed by atoms with E-state index in [0.717, 1.165) is 0 Å². The third-order valence-corrected chi connectivity index (χ3v) is 1.15. The lowest BCUT2D eigenvalue weighted by molar-refractivity contribution is -0.116. The van der Waals surface area contributed by atoms with Gasteiger partial charge in [0.05, 0.1) is 0 Å². The lowest BCUT2D eigenvalue weighted by Gasteiger charge is -1.89. The normalized spacial score (nSPS) is 12.0. The molecule has 0 radical (unpaired) electrons. The third-order valence-electron chi connectivity index (χ3n) is 1.15. The molecule has 1 heteroatoms. The summed E-state index contributed by atoms with van der Waals surface area (Å²) >= 11 is 0. The van der Waals surface area contributed by atoms with Gasteiger partial charge in [-0.2, -0.15) is 0 Å². The minimum Gasteiger partial charge on any atom is -0.300 e. The number of hydrogen-bond donors (Lipinski definition) is 0. The van der Waals surface area contributed by atoms with Crippen LogP contribution in [0.15, 0.2) is 24.3 Å². The summed E-state index contributed by atoms with van der Waals surface area (Å²) in [6, 6.07) is 0. The molecule has 0 atom stereocenters. The van der Waals surface area contributed by atoms with Crippen LogP contribution in [0, 0.1) is 5.92 Å². The highest BCUT2D eigenvalue weighted by molar-refractivity contribution is 5.76. The molecule has 0 amide bonds. The molecule has 0 rings (SSSR count). The summed E-state index contributed by atoms with van der Waals surface area (Å²) in [6.07, 6.45) is 8.41. The molecule has 0 fully saturated rings. The molecule has 0 saturated heterocycles. The van der Waals surface area contributed by atoms with Gasteiger partial charge in [-0.3, -0.25) is 4.79 Å². The Morgan fingerprint density at radius 2 is 2.00 bits per heavy atom. The van der Waals surface area contributed by atoms with E-state index in [9.17, 15) is 4.79 Å². The molecular weight excluding hydrogens is 136 g/mol. The quantitative estimate of drug-likeness (QED) is 0.566. The highest BCUT2D eigenvalue weighted by Gasteiger charge is 1.83. The molecule has 0 aromatic rings. The molecule has 0 bridgehead atoms. The van der Waals surface area contributed by atoms with Crippen LogP contribution in [-0.2, 0) is 4.79 Å². The number of ketones is 1. The highest BCUT2D eigenvalue weighted by Crippen LogP contribution is 1.94. The Hall–Kier alpha value is -0.850. The molecule has 0 unspecified atom stereocenters. The molecule has 11 heavy (non-hydrogen) atoms. The fourth-order valence-electron chi connectivity index (χ4n) is 0.599. The lowest BCUT2D eigenvalue weighted by atomic mass is 10.2. The predicted octanol–water partition coefficient (Wildman–Crippen LogP) is 2.73. The van der Waals surface area contributed by atoms with Crippen LogP contribution < -0.4 is 0 Å². The number of allylic oxidation sites excluding steroid dienone is 4. The van der Waals surface area contributed by atoms with Crippen LogP contribution in [-0.4, -0.2) is 5.78 Å². The van der Waals surface area contributed by atoms with Crippen LogP contribution in [0.4, 0.5) is 0 Å². The lowest BCUT2D eigenvalue weighted by Crippen LogP contribution is -1.83. The minimum atomic E-state index is 0.208. The summed E-state index contributed by atoms with van der Waals surface area (Å²) in [5.41, 5.74) is 0. The van der Waals surface area contributed by atoms with E-state index < -0.39 is 0 Å². The predicted molar refractivity (Wildman–Crippen MR) is 48.4 cm³/mol. The van der Waals surface area contributed by atoms with Crippen LogP contribution in [0.25, 0.3) is 0 Å². The van der Waals surface area contributed by atoms with Crippen molar-refractivity contribution >= 4 is 5.78 Å². The van der Waals surface area contributed by atoms with Crippen LogP contribution in [0.2, 0.25) is 0 Å². The van der Waals surface area contributed by atoms with Gasteiger partial charge in [0.15, 0.2) is 0 Å². The highest BCUT2D eigenvalue weighted by atomic mass is 16.1. The van der Waals surface area contributed by atoms with Crippen molar-refractivity contribution in [1.29, 1.82) is 0 Å².